The highest BCUT2D eigenvalue weighted by molar-refractivity contribution is 6.13. The normalized spacial score (nSPS) is 12.2. The second kappa shape index (κ2) is 14.6. The lowest BCUT2D eigenvalue weighted by Crippen LogP contribution is -2.03. The molecular weight excluding hydrogens is 793 g/mol. The van der Waals surface area contributed by atoms with Crippen molar-refractivity contribution in [1.29, 1.82) is 0 Å². The van der Waals surface area contributed by atoms with Gasteiger partial charge in [0.2, 0.25) is 0 Å². The molecule has 0 saturated carbocycles. The second-order valence-corrected chi connectivity index (χ2v) is 16.7. The van der Waals surface area contributed by atoms with Crippen LogP contribution in [0.25, 0.3) is 110 Å². The van der Waals surface area contributed by atoms with Crippen LogP contribution < -0.4 is 0 Å². The van der Waals surface area contributed by atoms with E-state index in [9.17, 15) is 0 Å². The van der Waals surface area contributed by atoms with Crippen molar-refractivity contribution < 1.29 is 4.42 Å². The third-order valence-corrected chi connectivity index (χ3v) is 13.1. The van der Waals surface area contributed by atoms with Crippen molar-refractivity contribution in [2.45, 2.75) is 5.92 Å². The van der Waals surface area contributed by atoms with Crippen molar-refractivity contribution in [3.63, 3.8) is 0 Å². The zero-order chi connectivity index (χ0) is 43.0. The third kappa shape index (κ3) is 5.78. The summed E-state index contributed by atoms with van der Waals surface area (Å²) in [4.78, 5) is 14.4. The van der Waals surface area contributed by atoms with Gasteiger partial charge in [0, 0.05) is 38.9 Å². The van der Waals surface area contributed by atoms with Crippen LogP contribution in [-0.2, 0) is 0 Å². The third-order valence-electron chi connectivity index (χ3n) is 13.1. The maximum Gasteiger partial charge on any atom is 0.188 e. The minimum Gasteiger partial charge on any atom is -0.452 e. The topological polar surface area (TPSA) is 48.2 Å². The zero-order valence-electron chi connectivity index (χ0n) is 35.0. The maximum atomic E-state index is 8.10. The molecule has 0 atom stereocenters. The summed E-state index contributed by atoms with van der Waals surface area (Å²) in [5.74, 6) is 0.713. The van der Waals surface area contributed by atoms with Crippen LogP contribution in [0.5, 0.6) is 0 Å². The molecule has 1 aliphatic carbocycles. The van der Waals surface area contributed by atoms with E-state index in [0.29, 0.717) is 17.1 Å². The lowest BCUT2D eigenvalue weighted by atomic mass is 9.88. The van der Waals surface area contributed by atoms with Crippen molar-refractivity contribution in [3.05, 3.63) is 240 Å². The van der Waals surface area contributed by atoms with Gasteiger partial charge in [-0.25, -0.2) is 14.8 Å². The largest absolute Gasteiger partial charge is 0.452 e. The van der Waals surface area contributed by atoms with Crippen LogP contribution in [0.2, 0.25) is 0 Å². The predicted octanol–water partition coefficient (Wildman–Crippen LogP) is 15.9. The van der Waals surface area contributed by atoms with Crippen molar-refractivity contribution in [3.8, 4) is 61.7 Å². The molecule has 0 bridgehead atoms. The monoisotopic (exact) mass is 828 g/mol. The van der Waals surface area contributed by atoms with Gasteiger partial charge < -0.3 is 8.98 Å². The lowest BCUT2D eigenvalue weighted by Gasteiger charge is -2.21. The molecule has 0 amide bonds. The van der Waals surface area contributed by atoms with Gasteiger partial charge in [0.15, 0.2) is 17.1 Å². The number of rotatable bonds is 6. The molecule has 5 heteroatoms. The van der Waals surface area contributed by atoms with Gasteiger partial charge >= 0.3 is 0 Å². The van der Waals surface area contributed by atoms with E-state index in [2.05, 4.69) is 179 Å². The van der Waals surface area contributed by atoms with E-state index in [1.807, 2.05) is 42.5 Å². The molecule has 12 aromatic rings. The summed E-state index contributed by atoms with van der Waals surface area (Å²) in [6, 6.07) is 74.7. The van der Waals surface area contributed by atoms with Crippen molar-refractivity contribution in [2.24, 2.45) is 0 Å². The molecule has 0 saturated heterocycles. The fraction of sp³-hybridized carbons (Fsp3) is 0.0167. The molecule has 0 N–H and O–H groups in total. The van der Waals surface area contributed by atoms with Gasteiger partial charge in [-0.05, 0) is 92.9 Å². The molecule has 0 fully saturated rings. The van der Waals surface area contributed by atoms with Gasteiger partial charge in [-0.15, -0.1) is 0 Å². The maximum absolute atomic E-state index is 8.10. The Balaban J connectivity index is 1.13. The summed E-state index contributed by atoms with van der Waals surface area (Å²) in [6.45, 7) is 8.10. The first kappa shape index (κ1) is 36.8. The molecule has 0 spiro atoms. The van der Waals surface area contributed by atoms with E-state index in [4.69, 9.17) is 21.0 Å². The highest BCUT2D eigenvalue weighted by atomic mass is 16.3. The van der Waals surface area contributed by atoms with E-state index in [-0.39, 0.29) is 5.92 Å². The molecule has 65 heavy (non-hydrogen) atoms. The molecule has 9 aromatic carbocycles. The molecule has 3 aromatic heterocycles. The molecule has 302 valence electrons. The average Bonchev–Trinajstić information content (AvgIpc) is 4.03. The van der Waals surface area contributed by atoms with Gasteiger partial charge in [-0.3, -0.25) is 0 Å². The number of benzene rings is 9. The van der Waals surface area contributed by atoms with Gasteiger partial charge in [-0.1, -0.05) is 164 Å². The molecular formula is C60H36N4O. The molecule has 5 nitrogen and oxygen atoms in total. The summed E-state index contributed by atoms with van der Waals surface area (Å²) in [7, 11) is 0. The summed E-state index contributed by atoms with van der Waals surface area (Å²) < 4.78 is 9.12. The number of furan rings is 1. The molecule has 3 heterocycles. The van der Waals surface area contributed by atoms with E-state index in [0.717, 1.165) is 83.1 Å². The number of para-hydroxylation sites is 1. The predicted molar refractivity (Wildman–Crippen MR) is 264 cm³/mol. The SMILES string of the molecule is [C-]#[N+]c1ccc2c(c1)c1cc(C3c4ccccc4-c4ccccc43)ccc1n2-c1c(-c2ccccc2)cc(-c2nc(-c3ccccc3)nc3c2oc2ccccc23)cc1-c1ccccc1. The highest BCUT2D eigenvalue weighted by Crippen LogP contribution is 2.50. The lowest BCUT2D eigenvalue weighted by molar-refractivity contribution is 0.667. The van der Waals surface area contributed by atoms with Gasteiger partial charge in [0.05, 0.1) is 23.3 Å². The first-order valence-electron chi connectivity index (χ1n) is 21.9. The number of nitrogens with zero attached hydrogens (tertiary/aromatic N) is 4. The standard InChI is InChI=1S/C60H36N4O/c1-61-42-30-32-53-51(36-42)50-33-40(55-45-25-13-11-23-43(45)44-24-12-14-26-46(44)55)29-31-52(50)64(53)58-48(37-17-5-2-6-18-37)34-41(35-49(58)38-19-7-3-8-20-38)56-59-57(47-27-15-16-28-54(47)65-59)63-60(62-56)39-21-9-4-10-22-39/h2-36,55H. The Morgan fingerprint density at radius 2 is 1.02 bits per heavy atom. The van der Waals surface area contributed by atoms with Crippen LogP contribution in [0.15, 0.2) is 217 Å². The van der Waals surface area contributed by atoms with E-state index in [1.54, 1.807) is 0 Å². The molecule has 13 rings (SSSR count). The van der Waals surface area contributed by atoms with Crippen LogP contribution in [0.3, 0.4) is 0 Å². The Morgan fingerprint density at radius 3 is 1.66 bits per heavy atom. The van der Waals surface area contributed by atoms with E-state index >= 15 is 0 Å². The molecule has 0 radical (unpaired) electrons. The Bertz CT molecular complexity index is 3790. The van der Waals surface area contributed by atoms with Crippen LogP contribution in [0.4, 0.5) is 5.69 Å². The Morgan fingerprint density at radius 1 is 0.462 bits per heavy atom. The van der Waals surface area contributed by atoms with Crippen LogP contribution in [-0.4, -0.2) is 14.5 Å². The minimum absolute atomic E-state index is 0.0806. The van der Waals surface area contributed by atoms with Gasteiger partial charge in [0.25, 0.3) is 0 Å². The van der Waals surface area contributed by atoms with Crippen LogP contribution in [0.1, 0.15) is 22.6 Å². The fourth-order valence-electron chi connectivity index (χ4n) is 10.2. The first-order chi connectivity index (χ1) is 32.2. The Kier molecular flexibility index (Phi) is 8.27. The van der Waals surface area contributed by atoms with Crippen molar-refractivity contribution in [2.75, 3.05) is 0 Å². The number of hydrogen-bond donors (Lipinski definition) is 0. The number of fused-ring (bicyclic) bond motifs is 9. The minimum atomic E-state index is 0.0806. The second-order valence-electron chi connectivity index (χ2n) is 16.7. The van der Waals surface area contributed by atoms with Gasteiger partial charge in [-0.2, -0.15) is 0 Å². The zero-order valence-corrected chi connectivity index (χ0v) is 35.0. The Labute approximate surface area is 375 Å². The summed E-state index contributed by atoms with van der Waals surface area (Å²) in [5.41, 5.74) is 19.0. The number of hydrogen-bond acceptors (Lipinski definition) is 3. The fourth-order valence-corrected chi connectivity index (χ4v) is 10.2. The van der Waals surface area contributed by atoms with Crippen LogP contribution in [0, 0.1) is 6.57 Å². The quantitative estimate of drug-likeness (QED) is 0.157. The van der Waals surface area contributed by atoms with Crippen molar-refractivity contribution in [1.82, 2.24) is 14.5 Å². The molecule has 1 aliphatic rings. The highest BCUT2D eigenvalue weighted by Gasteiger charge is 2.31. The summed E-state index contributed by atoms with van der Waals surface area (Å²) in [6.07, 6.45) is 0. The smallest absolute Gasteiger partial charge is 0.188 e. The van der Waals surface area contributed by atoms with Gasteiger partial charge in [0.1, 0.15) is 16.8 Å². The number of aromatic nitrogens is 3. The average molecular weight is 829 g/mol. The molecule has 0 unspecified atom stereocenters. The van der Waals surface area contributed by atoms with Crippen molar-refractivity contribution >= 4 is 49.6 Å². The van der Waals surface area contributed by atoms with E-state index in [1.165, 1.54) is 27.8 Å². The van der Waals surface area contributed by atoms with Crippen LogP contribution >= 0.6 is 0 Å². The Hall–Kier alpha value is -8.85. The first-order valence-corrected chi connectivity index (χ1v) is 21.9. The summed E-state index contributed by atoms with van der Waals surface area (Å²) >= 11 is 0. The van der Waals surface area contributed by atoms with E-state index < -0.39 is 0 Å². The molecule has 0 aliphatic heterocycles. The summed E-state index contributed by atoms with van der Waals surface area (Å²) in [5, 5.41) is 3.07.